The fourth-order valence-corrected chi connectivity index (χ4v) is 3.47. The summed E-state index contributed by atoms with van der Waals surface area (Å²) in [5.41, 5.74) is 1.12. The van der Waals surface area contributed by atoms with Crippen molar-refractivity contribution in [2.45, 2.75) is 45.1 Å². The molecule has 1 nitrogen and oxygen atoms in total. The Hall–Kier alpha value is -0.410. The van der Waals surface area contributed by atoms with Gasteiger partial charge in [-0.25, -0.2) is 4.39 Å². The first kappa shape index (κ1) is 14.0. The number of hydrogen-bond acceptors (Lipinski definition) is 1. The third-order valence-electron chi connectivity index (χ3n) is 4.37. The lowest BCUT2D eigenvalue weighted by atomic mass is 9.78. The summed E-state index contributed by atoms with van der Waals surface area (Å²) in [5.74, 6) is -0.105. The van der Waals surface area contributed by atoms with E-state index < -0.39 is 0 Å². The summed E-state index contributed by atoms with van der Waals surface area (Å²) in [6.45, 7) is 2.33. The van der Waals surface area contributed by atoms with Gasteiger partial charge >= 0.3 is 0 Å². The van der Waals surface area contributed by atoms with Crippen LogP contribution in [0.3, 0.4) is 0 Å². The Balaban J connectivity index is 2.15. The Kier molecular flexibility index (Phi) is 4.44. The molecule has 0 aromatic heterocycles. The van der Waals surface area contributed by atoms with Gasteiger partial charge in [-0.15, -0.1) is 0 Å². The van der Waals surface area contributed by atoms with E-state index in [0.29, 0.717) is 11.5 Å². The largest absolute Gasteiger partial charge is 0.316 e. The van der Waals surface area contributed by atoms with E-state index in [2.05, 4.69) is 28.2 Å². The van der Waals surface area contributed by atoms with Crippen LogP contribution in [-0.2, 0) is 6.42 Å². The standard InChI is InChI=1S/C15H21BrFN/c1-15(7-3-4-8-15)14(18-2)9-11-5-6-12(16)10-13(11)17/h5-6,10,14,18H,3-4,7-9H2,1-2H3. The molecule has 3 heteroatoms. The van der Waals surface area contributed by atoms with Gasteiger partial charge < -0.3 is 5.32 Å². The highest BCUT2D eigenvalue weighted by Crippen LogP contribution is 2.41. The summed E-state index contributed by atoms with van der Waals surface area (Å²) in [5, 5.41) is 3.40. The van der Waals surface area contributed by atoms with Crippen molar-refractivity contribution in [3.05, 3.63) is 34.1 Å². The zero-order valence-corrected chi connectivity index (χ0v) is 12.7. The summed E-state index contributed by atoms with van der Waals surface area (Å²) in [4.78, 5) is 0. The smallest absolute Gasteiger partial charge is 0.127 e. The van der Waals surface area contributed by atoms with E-state index in [1.165, 1.54) is 25.7 Å². The van der Waals surface area contributed by atoms with Crippen LogP contribution < -0.4 is 5.32 Å². The topological polar surface area (TPSA) is 12.0 Å². The Morgan fingerprint density at radius 1 is 1.39 bits per heavy atom. The molecular weight excluding hydrogens is 293 g/mol. The number of likely N-dealkylation sites (N-methyl/N-ethyl adjacent to an activating group) is 1. The van der Waals surface area contributed by atoms with Gasteiger partial charge in [-0.05, 0) is 49.4 Å². The van der Waals surface area contributed by atoms with Crippen molar-refractivity contribution in [1.29, 1.82) is 0 Å². The van der Waals surface area contributed by atoms with Crippen molar-refractivity contribution in [3.8, 4) is 0 Å². The van der Waals surface area contributed by atoms with E-state index in [9.17, 15) is 4.39 Å². The van der Waals surface area contributed by atoms with Crippen LogP contribution in [0.1, 0.15) is 38.2 Å². The van der Waals surface area contributed by atoms with Crippen molar-refractivity contribution < 1.29 is 4.39 Å². The number of hydrogen-bond donors (Lipinski definition) is 1. The second-order valence-corrected chi connectivity index (χ2v) is 6.56. The second kappa shape index (κ2) is 5.70. The fourth-order valence-electron chi connectivity index (χ4n) is 3.14. The first-order valence-corrected chi connectivity index (χ1v) is 7.46. The lowest BCUT2D eigenvalue weighted by molar-refractivity contribution is 0.228. The molecule has 0 amide bonds. The quantitative estimate of drug-likeness (QED) is 0.874. The molecule has 0 radical (unpaired) electrons. The molecule has 2 rings (SSSR count). The molecule has 1 N–H and O–H groups in total. The van der Waals surface area contributed by atoms with Gasteiger partial charge in [-0.1, -0.05) is 41.8 Å². The van der Waals surface area contributed by atoms with E-state index in [0.717, 1.165) is 16.5 Å². The summed E-state index contributed by atoms with van der Waals surface area (Å²) in [7, 11) is 1.99. The van der Waals surface area contributed by atoms with Gasteiger partial charge in [0.15, 0.2) is 0 Å². The molecule has 1 aromatic carbocycles. The Bertz CT molecular complexity index is 413. The average Bonchev–Trinajstić information content (AvgIpc) is 2.76. The molecule has 1 atom stereocenters. The molecule has 100 valence electrons. The van der Waals surface area contributed by atoms with Crippen LogP contribution in [0, 0.1) is 11.2 Å². The Labute approximate surface area is 117 Å². The highest BCUT2D eigenvalue weighted by atomic mass is 79.9. The molecule has 0 aliphatic heterocycles. The maximum atomic E-state index is 13.9. The number of halogens is 2. The minimum absolute atomic E-state index is 0.105. The van der Waals surface area contributed by atoms with E-state index >= 15 is 0 Å². The minimum atomic E-state index is -0.105. The molecule has 0 spiro atoms. The van der Waals surface area contributed by atoms with E-state index in [4.69, 9.17) is 0 Å². The normalized spacial score (nSPS) is 20.0. The Morgan fingerprint density at radius 2 is 2.06 bits per heavy atom. The summed E-state index contributed by atoms with van der Waals surface area (Å²) < 4.78 is 14.7. The molecule has 1 aliphatic carbocycles. The molecule has 1 fully saturated rings. The van der Waals surface area contributed by atoms with Crippen molar-refractivity contribution in [2.75, 3.05) is 7.05 Å². The molecule has 18 heavy (non-hydrogen) atoms. The zero-order chi connectivity index (χ0) is 13.2. The molecular formula is C15H21BrFN. The molecule has 1 saturated carbocycles. The number of benzene rings is 1. The van der Waals surface area contributed by atoms with Crippen LogP contribution >= 0.6 is 15.9 Å². The van der Waals surface area contributed by atoms with Gasteiger partial charge in [-0.3, -0.25) is 0 Å². The first-order chi connectivity index (χ1) is 8.55. The first-order valence-electron chi connectivity index (χ1n) is 6.66. The predicted molar refractivity (Wildman–Crippen MR) is 77.2 cm³/mol. The molecule has 0 saturated heterocycles. The van der Waals surface area contributed by atoms with Crippen molar-refractivity contribution >= 4 is 15.9 Å². The maximum Gasteiger partial charge on any atom is 0.127 e. The van der Waals surface area contributed by atoms with E-state index in [1.54, 1.807) is 6.07 Å². The summed E-state index contributed by atoms with van der Waals surface area (Å²) in [6.07, 6.45) is 5.87. The van der Waals surface area contributed by atoms with E-state index in [1.807, 2.05) is 19.2 Å². The van der Waals surface area contributed by atoms with Gasteiger partial charge in [0, 0.05) is 10.5 Å². The van der Waals surface area contributed by atoms with Gasteiger partial charge in [0.2, 0.25) is 0 Å². The second-order valence-electron chi connectivity index (χ2n) is 5.64. The van der Waals surface area contributed by atoms with E-state index in [-0.39, 0.29) is 5.82 Å². The van der Waals surface area contributed by atoms with Gasteiger partial charge in [0.05, 0.1) is 0 Å². The van der Waals surface area contributed by atoms with Crippen molar-refractivity contribution in [3.63, 3.8) is 0 Å². The third-order valence-corrected chi connectivity index (χ3v) is 4.87. The molecule has 1 unspecified atom stereocenters. The molecule has 0 bridgehead atoms. The highest BCUT2D eigenvalue weighted by Gasteiger charge is 2.36. The predicted octanol–water partition coefficient (Wildman–Crippen LogP) is 4.30. The molecule has 1 aliphatic rings. The average molecular weight is 314 g/mol. The number of rotatable bonds is 4. The van der Waals surface area contributed by atoms with Crippen LogP contribution in [0.15, 0.2) is 22.7 Å². The van der Waals surface area contributed by atoms with Crippen LogP contribution in [-0.4, -0.2) is 13.1 Å². The minimum Gasteiger partial charge on any atom is -0.316 e. The van der Waals surface area contributed by atoms with Crippen molar-refractivity contribution in [1.82, 2.24) is 5.32 Å². The SMILES string of the molecule is CNC(Cc1ccc(Br)cc1F)C1(C)CCCC1. The molecule has 0 heterocycles. The van der Waals surface area contributed by atoms with Gasteiger partial charge in [-0.2, -0.15) is 0 Å². The summed E-state index contributed by atoms with van der Waals surface area (Å²) >= 11 is 3.30. The number of nitrogens with one attached hydrogen (secondary N) is 1. The lowest BCUT2D eigenvalue weighted by Gasteiger charge is -2.34. The van der Waals surface area contributed by atoms with Crippen LogP contribution in [0.4, 0.5) is 4.39 Å². The van der Waals surface area contributed by atoms with Crippen LogP contribution in [0.2, 0.25) is 0 Å². The van der Waals surface area contributed by atoms with Crippen LogP contribution in [0.5, 0.6) is 0 Å². The van der Waals surface area contributed by atoms with Crippen molar-refractivity contribution in [2.24, 2.45) is 5.41 Å². The fraction of sp³-hybridized carbons (Fsp3) is 0.600. The summed E-state index contributed by atoms with van der Waals surface area (Å²) in [6, 6.07) is 5.72. The highest BCUT2D eigenvalue weighted by molar-refractivity contribution is 9.10. The third kappa shape index (κ3) is 2.94. The Morgan fingerprint density at radius 3 is 2.61 bits per heavy atom. The van der Waals surface area contributed by atoms with Gasteiger partial charge in [0.25, 0.3) is 0 Å². The zero-order valence-electron chi connectivity index (χ0n) is 11.1. The maximum absolute atomic E-state index is 13.9. The monoisotopic (exact) mass is 313 g/mol. The lowest BCUT2D eigenvalue weighted by Crippen LogP contribution is -2.42. The van der Waals surface area contributed by atoms with Gasteiger partial charge in [0.1, 0.15) is 5.82 Å². The van der Waals surface area contributed by atoms with Crippen LogP contribution in [0.25, 0.3) is 0 Å². The molecule has 1 aromatic rings.